The number of nitrogens with zero attached hydrogens (tertiary/aromatic N) is 2. The quantitative estimate of drug-likeness (QED) is 0.0642. The van der Waals surface area contributed by atoms with Gasteiger partial charge in [0.05, 0.1) is 36.8 Å². The van der Waals surface area contributed by atoms with Crippen molar-refractivity contribution in [1.82, 2.24) is 9.97 Å². The molecule has 4 rings (SSSR count). The monoisotopic (exact) mass is 715 g/mol. The molecule has 0 atom stereocenters. The van der Waals surface area contributed by atoms with E-state index in [1.54, 1.807) is 47.5 Å². The third-order valence-electron chi connectivity index (χ3n) is 5.95. The fourth-order valence-electron chi connectivity index (χ4n) is 3.84. The van der Waals surface area contributed by atoms with E-state index in [4.69, 9.17) is 40.4 Å². The number of halogens is 7. The zero-order valence-corrected chi connectivity index (χ0v) is 26.6. The Morgan fingerprint density at radius 2 is 1.50 bits per heavy atom. The van der Waals surface area contributed by atoms with Crippen LogP contribution in [0.2, 0.25) is 0 Å². The fourth-order valence-corrected chi connectivity index (χ4v) is 3.84. The maximum absolute atomic E-state index is 15.9. The second-order valence-corrected chi connectivity index (χ2v) is 10.1. The van der Waals surface area contributed by atoms with Crippen molar-refractivity contribution in [3.05, 3.63) is 90.1 Å². The molecule has 270 valence electrons. The van der Waals surface area contributed by atoms with Crippen molar-refractivity contribution >= 4 is 29.1 Å². The minimum atomic E-state index is -5.08. The van der Waals surface area contributed by atoms with Crippen LogP contribution in [0.3, 0.4) is 0 Å². The SMILES string of the molecule is CCOc1cc(OC(C)C)c(F)c(N(Cc2ncc(-c3ccccc3)[nH]2)c2ccc(C(=N)N)cc2)c1.O=C(O)C(F)(F)F.O=C(O)C(F)(F)F. The molecule has 3 aromatic carbocycles. The van der Waals surface area contributed by atoms with Crippen LogP contribution in [0.4, 0.5) is 42.1 Å². The van der Waals surface area contributed by atoms with Gasteiger partial charge in [-0.1, -0.05) is 30.3 Å². The molecule has 0 aliphatic heterocycles. The summed E-state index contributed by atoms with van der Waals surface area (Å²) in [6.07, 6.45) is -8.62. The van der Waals surface area contributed by atoms with Crippen molar-refractivity contribution in [2.75, 3.05) is 11.5 Å². The minimum Gasteiger partial charge on any atom is -0.494 e. The molecule has 0 aliphatic rings. The molecule has 0 radical (unpaired) electrons. The van der Waals surface area contributed by atoms with E-state index in [1.807, 2.05) is 51.1 Å². The summed E-state index contributed by atoms with van der Waals surface area (Å²) in [5.41, 5.74) is 9.07. The van der Waals surface area contributed by atoms with Crippen molar-refractivity contribution in [3.8, 4) is 22.8 Å². The number of ether oxygens (including phenoxy) is 2. The normalized spacial score (nSPS) is 11.0. The van der Waals surface area contributed by atoms with Gasteiger partial charge in [0.15, 0.2) is 11.6 Å². The summed E-state index contributed by atoms with van der Waals surface area (Å²) in [6.45, 7) is 6.24. The topological polar surface area (TPSA) is 175 Å². The average molecular weight is 716 g/mol. The lowest BCUT2D eigenvalue weighted by atomic mass is 10.1. The Balaban J connectivity index is 0.000000521. The molecular weight excluding hydrogens is 683 g/mol. The van der Waals surface area contributed by atoms with Crippen molar-refractivity contribution < 1.29 is 60.0 Å². The van der Waals surface area contributed by atoms with E-state index in [-0.39, 0.29) is 29.9 Å². The molecule has 0 saturated heterocycles. The highest BCUT2D eigenvalue weighted by molar-refractivity contribution is 5.95. The van der Waals surface area contributed by atoms with E-state index >= 15 is 4.39 Å². The van der Waals surface area contributed by atoms with Crippen LogP contribution >= 0.6 is 0 Å². The van der Waals surface area contributed by atoms with E-state index in [9.17, 15) is 26.3 Å². The van der Waals surface area contributed by atoms with Crippen LogP contribution in [0.15, 0.2) is 72.9 Å². The Morgan fingerprint density at radius 3 is 1.96 bits per heavy atom. The Labute approximate surface area is 280 Å². The van der Waals surface area contributed by atoms with E-state index in [2.05, 4.69) is 9.97 Å². The average Bonchev–Trinajstić information content (AvgIpc) is 3.50. The van der Waals surface area contributed by atoms with Crippen LogP contribution in [-0.4, -0.2) is 63.0 Å². The Bertz CT molecular complexity index is 1700. The first-order valence-corrected chi connectivity index (χ1v) is 14.3. The lowest BCUT2D eigenvalue weighted by Crippen LogP contribution is -2.21. The highest BCUT2D eigenvalue weighted by atomic mass is 19.4. The van der Waals surface area contributed by atoms with Crippen molar-refractivity contribution in [3.63, 3.8) is 0 Å². The third-order valence-corrected chi connectivity index (χ3v) is 5.95. The molecule has 4 aromatic rings. The van der Waals surface area contributed by atoms with Crippen LogP contribution in [0, 0.1) is 11.2 Å². The number of hydrogen-bond donors (Lipinski definition) is 5. The Kier molecular flexibility index (Phi) is 14.2. The number of carbonyl (C=O) groups is 2. The number of nitrogen functional groups attached to an aromatic ring is 1. The molecule has 11 nitrogen and oxygen atoms in total. The summed E-state index contributed by atoms with van der Waals surface area (Å²) < 4.78 is 90.8. The Morgan fingerprint density at radius 1 is 0.960 bits per heavy atom. The highest BCUT2D eigenvalue weighted by Crippen LogP contribution is 2.38. The summed E-state index contributed by atoms with van der Waals surface area (Å²) >= 11 is 0. The fraction of sp³-hybridized carbons (Fsp3) is 0.250. The van der Waals surface area contributed by atoms with Crippen LogP contribution in [0.25, 0.3) is 11.3 Å². The first-order chi connectivity index (χ1) is 23.2. The first kappa shape index (κ1) is 40.4. The molecule has 6 N–H and O–H groups in total. The lowest BCUT2D eigenvalue weighted by Gasteiger charge is -2.26. The van der Waals surface area contributed by atoms with Gasteiger partial charge in [0.2, 0.25) is 0 Å². The van der Waals surface area contributed by atoms with Gasteiger partial charge in [-0.25, -0.2) is 19.0 Å². The molecule has 0 amide bonds. The number of carboxylic acid groups (broad SMARTS) is 2. The third kappa shape index (κ3) is 12.3. The number of alkyl halides is 6. The number of aromatic amines is 1. The molecule has 18 heteroatoms. The molecular formula is C32H32F7N5O6. The number of aromatic nitrogens is 2. The van der Waals surface area contributed by atoms with Gasteiger partial charge in [-0.2, -0.15) is 26.3 Å². The van der Waals surface area contributed by atoms with Crippen LogP contribution in [0.5, 0.6) is 11.5 Å². The minimum absolute atomic E-state index is 0.0382. The molecule has 0 spiro atoms. The number of rotatable bonds is 10. The number of anilines is 2. The summed E-state index contributed by atoms with van der Waals surface area (Å²) in [5.74, 6) is -4.79. The molecule has 0 unspecified atom stereocenters. The summed E-state index contributed by atoms with van der Waals surface area (Å²) in [4.78, 5) is 27.5. The number of benzene rings is 3. The lowest BCUT2D eigenvalue weighted by molar-refractivity contribution is -0.193. The summed E-state index contributed by atoms with van der Waals surface area (Å²) in [6, 6.07) is 20.2. The van der Waals surface area contributed by atoms with Gasteiger partial charge >= 0.3 is 24.3 Å². The summed E-state index contributed by atoms with van der Waals surface area (Å²) in [5, 5.41) is 21.9. The second kappa shape index (κ2) is 17.5. The van der Waals surface area contributed by atoms with Gasteiger partial charge in [0.25, 0.3) is 0 Å². The number of nitrogens with one attached hydrogen (secondary N) is 2. The predicted molar refractivity (Wildman–Crippen MR) is 168 cm³/mol. The van der Waals surface area contributed by atoms with Gasteiger partial charge in [-0.05, 0) is 50.6 Å². The Hall–Kier alpha value is -5.81. The molecule has 1 aromatic heterocycles. The van der Waals surface area contributed by atoms with E-state index < -0.39 is 30.1 Å². The number of nitrogens with two attached hydrogens (primary N) is 1. The number of aliphatic carboxylic acids is 2. The molecule has 0 saturated carbocycles. The zero-order valence-electron chi connectivity index (χ0n) is 26.6. The second-order valence-electron chi connectivity index (χ2n) is 10.1. The first-order valence-electron chi connectivity index (χ1n) is 14.3. The highest BCUT2D eigenvalue weighted by Gasteiger charge is 2.38. The molecule has 0 bridgehead atoms. The maximum Gasteiger partial charge on any atom is 0.490 e. The smallest absolute Gasteiger partial charge is 0.490 e. The number of amidine groups is 1. The van der Waals surface area contributed by atoms with E-state index in [1.165, 1.54) is 0 Å². The van der Waals surface area contributed by atoms with Gasteiger partial charge in [0.1, 0.15) is 17.4 Å². The standard InChI is InChI=1S/C28H30FN5O2.2C2HF3O2/c1-4-35-22-14-24(27(29)25(15-22)36-18(2)3)34(21-12-10-20(11-13-21)28(30)31)17-26-32-16-23(33-26)19-8-6-5-7-9-19;2*3-2(4,5)1(6)7/h5-16,18H,4,17H2,1-3H3,(H3,30,31)(H,32,33);2*(H,6,7). The van der Waals surface area contributed by atoms with Gasteiger partial charge < -0.3 is 35.3 Å². The summed E-state index contributed by atoms with van der Waals surface area (Å²) in [7, 11) is 0. The van der Waals surface area contributed by atoms with Gasteiger partial charge in [-0.3, -0.25) is 5.41 Å². The van der Waals surface area contributed by atoms with Gasteiger partial charge in [-0.15, -0.1) is 0 Å². The zero-order chi connectivity index (χ0) is 37.8. The predicted octanol–water partition coefficient (Wildman–Crippen LogP) is 7.29. The largest absolute Gasteiger partial charge is 0.494 e. The van der Waals surface area contributed by atoms with Crippen molar-refractivity contribution in [2.45, 2.75) is 45.8 Å². The van der Waals surface area contributed by atoms with Crippen molar-refractivity contribution in [2.24, 2.45) is 5.73 Å². The van der Waals surface area contributed by atoms with Crippen LogP contribution in [0.1, 0.15) is 32.2 Å². The van der Waals surface area contributed by atoms with E-state index in [0.29, 0.717) is 29.4 Å². The van der Waals surface area contributed by atoms with Gasteiger partial charge in [0, 0.05) is 23.4 Å². The van der Waals surface area contributed by atoms with Crippen molar-refractivity contribution in [1.29, 1.82) is 5.41 Å². The molecule has 50 heavy (non-hydrogen) atoms. The number of hydrogen-bond acceptors (Lipinski definition) is 7. The molecule has 0 fully saturated rings. The number of H-pyrrole nitrogens is 1. The van der Waals surface area contributed by atoms with Crippen LogP contribution < -0.4 is 20.1 Å². The molecule has 1 heterocycles. The number of imidazole rings is 1. The number of carboxylic acids is 2. The van der Waals surface area contributed by atoms with E-state index in [0.717, 1.165) is 11.3 Å². The molecule has 0 aliphatic carbocycles. The maximum atomic E-state index is 15.9. The van der Waals surface area contributed by atoms with Crippen LogP contribution in [-0.2, 0) is 16.1 Å².